The van der Waals surface area contributed by atoms with Gasteiger partial charge in [-0.2, -0.15) is 0 Å². The third-order valence-electron chi connectivity index (χ3n) is 2.40. The molecule has 1 aliphatic heterocycles. The maximum atomic E-state index is 11.4. The standard InChI is InChI=1S/C11H17NO5/c1-3-16-10(13)8(2)6-9-7-12(11(14)15)4-5-17-9/h6,9H,3-5,7H2,1-2H3,(H,14,15)/b8-6+. The zero-order valence-electron chi connectivity index (χ0n) is 10.0. The molecule has 0 saturated carbocycles. The normalized spacial score (nSPS) is 21.2. The number of amides is 1. The van der Waals surface area contributed by atoms with Crippen molar-refractivity contribution in [1.82, 2.24) is 4.90 Å². The summed E-state index contributed by atoms with van der Waals surface area (Å²) >= 11 is 0. The molecule has 6 heteroatoms. The van der Waals surface area contributed by atoms with E-state index < -0.39 is 12.1 Å². The van der Waals surface area contributed by atoms with Crippen LogP contribution in [-0.4, -0.2) is 54.5 Å². The lowest BCUT2D eigenvalue weighted by molar-refractivity contribution is -0.138. The molecule has 96 valence electrons. The van der Waals surface area contributed by atoms with Gasteiger partial charge in [0.05, 0.1) is 25.9 Å². The molecular formula is C11H17NO5. The van der Waals surface area contributed by atoms with Crippen LogP contribution in [0.2, 0.25) is 0 Å². The van der Waals surface area contributed by atoms with E-state index in [0.29, 0.717) is 25.3 Å². The SMILES string of the molecule is CCOC(=O)/C(C)=C/C1CN(C(=O)O)CCO1. The van der Waals surface area contributed by atoms with Crippen molar-refractivity contribution in [3.63, 3.8) is 0 Å². The highest BCUT2D eigenvalue weighted by atomic mass is 16.5. The van der Waals surface area contributed by atoms with E-state index in [1.165, 1.54) is 4.90 Å². The maximum absolute atomic E-state index is 11.4. The lowest BCUT2D eigenvalue weighted by atomic mass is 10.2. The summed E-state index contributed by atoms with van der Waals surface area (Å²) in [7, 11) is 0. The van der Waals surface area contributed by atoms with E-state index in [-0.39, 0.29) is 12.6 Å². The monoisotopic (exact) mass is 243 g/mol. The van der Waals surface area contributed by atoms with Crippen molar-refractivity contribution in [3.05, 3.63) is 11.6 Å². The van der Waals surface area contributed by atoms with Crippen molar-refractivity contribution in [2.45, 2.75) is 20.0 Å². The minimum atomic E-state index is -0.972. The predicted octanol–water partition coefficient (Wildman–Crippen LogP) is 0.875. The van der Waals surface area contributed by atoms with Crippen molar-refractivity contribution in [3.8, 4) is 0 Å². The first-order valence-corrected chi connectivity index (χ1v) is 5.49. The molecule has 17 heavy (non-hydrogen) atoms. The summed E-state index contributed by atoms with van der Waals surface area (Å²) in [6.07, 6.45) is 0.248. The van der Waals surface area contributed by atoms with Gasteiger partial charge in [0.25, 0.3) is 0 Å². The van der Waals surface area contributed by atoms with E-state index in [1.54, 1.807) is 19.9 Å². The number of esters is 1. The van der Waals surface area contributed by atoms with Crippen molar-refractivity contribution in [2.75, 3.05) is 26.3 Å². The summed E-state index contributed by atoms with van der Waals surface area (Å²) in [5.74, 6) is -0.399. The molecule has 0 aromatic rings. The molecule has 1 fully saturated rings. The van der Waals surface area contributed by atoms with Gasteiger partial charge in [0, 0.05) is 12.1 Å². The van der Waals surface area contributed by atoms with E-state index in [4.69, 9.17) is 14.6 Å². The minimum absolute atomic E-state index is 0.242. The van der Waals surface area contributed by atoms with Gasteiger partial charge in [-0.3, -0.25) is 0 Å². The van der Waals surface area contributed by atoms with E-state index in [1.807, 2.05) is 0 Å². The highest BCUT2D eigenvalue weighted by Crippen LogP contribution is 2.09. The van der Waals surface area contributed by atoms with Gasteiger partial charge in [0.1, 0.15) is 0 Å². The number of hydrogen-bond acceptors (Lipinski definition) is 4. The largest absolute Gasteiger partial charge is 0.465 e. The van der Waals surface area contributed by atoms with Gasteiger partial charge in [-0.15, -0.1) is 0 Å². The van der Waals surface area contributed by atoms with Crippen molar-refractivity contribution < 1.29 is 24.2 Å². The molecule has 0 aromatic carbocycles. The number of nitrogens with zero attached hydrogens (tertiary/aromatic N) is 1. The van der Waals surface area contributed by atoms with E-state index >= 15 is 0 Å². The van der Waals surface area contributed by atoms with Gasteiger partial charge >= 0.3 is 12.1 Å². The summed E-state index contributed by atoms with van der Waals surface area (Å²) in [6.45, 7) is 4.61. The molecule has 0 aliphatic carbocycles. The highest BCUT2D eigenvalue weighted by Gasteiger charge is 2.23. The Bertz CT molecular complexity index is 326. The highest BCUT2D eigenvalue weighted by molar-refractivity contribution is 5.87. The Labute approximate surface area is 99.8 Å². The first kappa shape index (κ1) is 13.5. The van der Waals surface area contributed by atoms with Crippen LogP contribution >= 0.6 is 0 Å². The van der Waals surface area contributed by atoms with Crippen LogP contribution in [0.3, 0.4) is 0 Å². The van der Waals surface area contributed by atoms with E-state index in [9.17, 15) is 9.59 Å². The lowest BCUT2D eigenvalue weighted by Gasteiger charge is -2.29. The smallest absolute Gasteiger partial charge is 0.407 e. The number of carbonyl (C=O) groups is 2. The molecule has 1 N–H and O–H groups in total. The Kier molecular flexibility index (Phi) is 4.96. The van der Waals surface area contributed by atoms with E-state index in [2.05, 4.69) is 0 Å². The second kappa shape index (κ2) is 6.24. The Balaban J connectivity index is 2.58. The Morgan fingerprint density at radius 3 is 2.88 bits per heavy atom. The van der Waals surface area contributed by atoms with Gasteiger partial charge in [0.15, 0.2) is 0 Å². The first-order chi connectivity index (χ1) is 8.04. The van der Waals surface area contributed by atoms with Crippen LogP contribution in [0.25, 0.3) is 0 Å². The summed E-state index contributed by atoms with van der Waals surface area (Å²) in [5, 5.41) is 8.84. The zero-order chi connectivity index (χ0) is 12.8. The molecule has 0 bridgehead atoms. The number of carbonyl (C=O) groups excluding carboxylic acids is 1. The topological polar surface area (TPSA) is 76.1 Å². The molecule has 1 saturated heterocycles. The number of carboxylic acid groups (broad SMARTS) is 1. The quantitative estimate of drug-likeness (QED) is 0.588. The molecule has 1 heterocycles. The van der Waals surface area contributed by atoms with Crippen LogP contribution < -0.4 is 0 Å². The molecule has 0 aromatic heterocycles. The molecule has 1 aliphatic rings. The molecule has 1 atom stereocenters. The summed E-state index contributed by atoms with van der Waals surface area (Å²) in [6, 6.07) is 0. The van der Waals surface area contributed by atoms with Gasteiger partial charge in [-0.25, -0.2) is 9.59 Å². The molecule has 6 nitrogen and oxygen atoms in total. The molecular weight excluding hydrogens is 226 g/mol. The second-order valence-electron chi connectivity index (χ2n) is 3.71. The number of hydrogen-bond donors (Lipinski definition) is 1. The third kappa shape index (κ3) is 4.07. The van der Waals surface area contributed by atoms with Gasteiger partial charge in [0.2, 0.25) is 0 Å². The average Bonchev–Trinajstić information content (AvgIpc) is 2.29. The third-order valence-corrected chi connectivity index (χ3v) is 2.40. The van der Waals surface area contributed by atoms with Crippen LogP contribution in [0, 0.1) is 0 Å². The van der Waals surface area contributed by atoms with Crippen LogP contribution in [0.5, 0.6) is 0 Å². The van der Waals surface area contributed by atoms with Crippen molar-refractivity contribution >= 4 is 12.1 Å². The average molecular weight is 243 g/mol. The summed E-state index contributed by atoms with van der Waals surface area (Å²) < 4.78 is 10.2. The Morgan fingerprint density at radius 1 is 1.59 bits per heavy atom. The van der Waals surface area contributed by atoms with Crippen LogP contribution in [0.15, 0.2) is 11.6 Å². The molecule has 1 unspecified atom stereocenters. The van der Waals surface area contributed by atoms with Crippen molar-refractivity contribution in [2.24, 2.45) is 0 Å². The summed E-state index contributed by atoms with van der Waals surface area (Å²) in [5.41, 5.74) is 0.434. The summed E-state index contributed by atoms with van der Waals surface area (Å²) in [4.78, 5) is 23.4. The van der Waals surface area contributed by atoms with E-state index in [0.717, 1.165) is 0 Å². The lowest BCUT2D eigenvalue weighted by Crippen LogP contribution is -2.44. The number of rotatable bonds is 3. The number of ether oxygens (including phenoxy) is 2. The zero-order valence-corrected chi connectivity index (χ0v) is 10.0. The minimum Gasteiger partial charge on any atom is -0.465 e. The molecule has 0 spiro atoms. The van der Waals surface area contributed by atoms with Crippen LogP contribution in [-0.2, 0) is 14.3 Å². The fraction of sp³-hybridized carbons (Fsp3) is 0.636. The molecule has 1 amide bonds. The number of morpholine rings is 1. The fourth-order valence-electron chi connectivity index (χ4n) is 1.54. The van der Waals surface area contributed by atoms with Gasteiger partial charge in [-0.1, -0.05) is 0 Å². The van der Waals surface area contributed by atoms with Gasteiger partial charge < -0.3 is 19.5 Å². The maximum Gasteiger partial charge on any atom is 0.407 e. The van der Waals surface area contributed by atoms with Crippen LogP contribution in [0.1, 0.15) is 13.8 Å². The van der Waals surface area contributed by atoms with Crippen molar-refractivity contribution in [1.29, 1.82) is 0 Å². The second-order valence-corrected chi connectivity index (χ2v) is 3.71. The Morgan fingerprint density at radius 2 is 2.29 bits per heavy atom. The predicted molar refractivity (Wildman–Crippen MR) is 59.7 cm³/mol. The fourth-order valence-corrected chi connectivity index (χ4v) is 1.54. The molecule has 1 rings (SSSR count). The molecule has 0 radical (unpaired) electrons. The van der Waals surface area contributed by atoms with Gasteiger partial charge in [-0.05, 0) is 19.9 Å². The van der Waals surface area contributed by atoms with Crippen LogP contribution in [0.4, 0.5) is 4.79 Å². The Hall–Kier alpha value is -1.56. The first-order valence-electron chi connectivity index (χ1n) is 5.49.